The lowest BCUT2D eigenvalue weighted by atomic mass is 10.0. The molecule has 0 bridgehead atoms. The van der Waals surface area contributed by atoms with Crippen molar-refractivity contribution in [1.82, 2.24) is 9.80 Å². The quantitative estimate of drug-likeness (QED) is 0.209. The van der Waals surface area contributed by atoms with Gasteiger partial charge in [-0.1, -0.05) is 58.3 Å². The number of carboxylic acids is 4. The highest BCUT2D eigenvalue weighted by Gasteiger charge is 2.26. The van der Waals surface area contributed by atoms with Crippen LogP contribution in [0.1, 0.15) is 64.7 Å². The van der Waals surface area contributed by atoms with Crippen molar-refractivity contribution in [2.24, 2.45) is 0 Å². The highest BCUT2D eigenvalue weighted by atomic mass is 16.4. The van der Waals surface area contributed by atoms with Crippen molar-refractivity contribution >= 4 is 23.9 Å². The van der Waals surface area contributed by atoms with Crippen LogP contribution in [0.25, 0.3) is 0 Å². The Morgan fingerprint density at radius 2 is 1.03 bits per heavy atom. The summed E-state index contributed by atoms with van der Waals surface area (Å²) in [4.78, 5) is 47.0. The number of unbranched alkanes of at least 4 members (excludes halogenated alkanes) is 7. The average molecular weight is 433 g/mol. The second-order valence-electron chi connectivity index (χ2n) is 7.57. The van der Waals surface area contributed by atoms with Crippen LogP contribution < -0.4 is 0 Å². The lowest BCUT2D eigenvalue weighted by Gasteiger charge is -2.33. The van der Waals surface area contributed by atoms with Gasteiger partial charge in [0.25, 0.3) is 0 Å². The van der Waals surface area contributed by atoms with E-state index in [0.29, 0.717) is 6.42 Å². The summed E-state index contributed by atoms with van der Waals surface area (Å²) in [6.07, 6.45) is 8.95. The molecule has 0 aliphatic heterocycles. The Balaban J connectivity index is 5.02. The maximum absolute atomic E-state index is 11.2. The first-order chi connectivity index (χ1) is 14.1. The summed E-state index contributed by atoms with van der Waals surface area (Å²) >= 11 is 0. The molecule has 0 saturated carbocycles. The van der Waals surface area contributed by atoms with Gasteiger partial charge in [0.05, 0.1) is 26.2 Å². The van der Waals surface area contributed by atoms with Gasteiger partial charge in [-0.05, 0) is 6.42 Å². The molecule has 174 valence electrons. The number of carboxylic acid groups (broad SMARTS) is 4. The Hall–Kier alpha value is -2.20. The van der Waals surface area contributed by atoms with Crippen molar-refractivity contribution < 1.29 is 39.6 Å². The van der Waals surface area contributed by atoms with Crippen LogP contribution in [-0.4, -0.2) is 92.9 Å². The van der Waals surface area contributed by atoms with Crippen molar-refractivity contribution in [3.63, 3.8) is 0 Å². The van der Waals surface area contributed by atoms with Crippen LogP contribution in [0, 0.1) is 0 Å². The summed E-state index contributed by atoms with van der Waals surface area (Å²) in [5.74, 6) is -4.80. The standard InChI is InChI=1S/C20H36N2O8/c1-2-3-4-5-6-7-8-9-10-16(22(14-19(27)28)15-20(29)30)11-21(12-17(23)24)13-18(25)26/h16H,2-15H2,1H3,(H,23,24)(H,25,26)(H,27,28)(H,29,30). The van der Waals surface area contributed by atoms with Gasteiger partial charge in [0.15, 0.2) is 0 Å². The highest BCUT2D eigenvalue weighted by Crippen LogP contribution is 2.15. The third kappa shape index (κ3) is 15.7. The number of hydrogen-bond donors (Lipinski definition) is 4. The minimum atomic E-state index is -1.20. The molecule has 0 radical (unpaired) electrons. The van der Waals surface area contributed by atoms with Crippen LogP contribution in [0.3, 0.4) is 0 Å². The predicted octanol–water partition coefficient (Wildman–Crippen LogP) is 1.83. The fraction of sp³-hybridized carbons (Fsp3) is 0.800. The largest absolute Gasteiger partial charge is 0.480 e. The van der Waals surface area contributed by atoms with E-state index in [4.69, 9.17) is 20.4 Å². The van der Waals surface area contributed by atoms with Crippen LogP contribution in [0.5, 0.6) is 0 Å². The topological polar surface area (TPSA) is 156 Å². The van der Waals surface area contributed by atoms with Gasteiger partial charge < -0.3 is 20.4 Å². The summed E-state index contributed by atoms with van der Waals surface area (Å²) < 4.78 is 0. The van der Waals surface area contributed by atoms with Crippen molar-refractivity contribution in [3.05, 3.63) is 0 Å². The van der Waals surface area contributed by atoms with Gasteiger partial charge >= 0.3 is 23.9 Å². The molecule has 0 rings (SSSR count). The molecule has 0 aliphatic carbocycles. The van der Waals surface area contributed by atoms with Crippen LogP contribution >= 0.6 is 0 Å². The van der Waals surface area contributed by atoms with Crippen LogP contribution in [0.4, 0.5) is 0 Å². The van der Waals surface area contributed by atoms with Crippen LogP contribution in [0.15, 0.2) is 0 Å². The summed E-state index contributed by atoms with van der Waals surface area (Å²) in [7, 11) is 0. The number of aliphatic carboxylic acids is 4. The molecule has 0 spiro atoms. The van der Waals surface area contributed by atoms with Crippen molar-refractivity contribution in [3.8, 4) is 0 Å². The van der Waals surface area contributed by atoms with E-state index >= 15 is 0 Å². The second kappa shape index (κ2) is 16.6. The second-order valence-corrected chi connectivity index (χ2v) is 7.57. The van der Waals surface area contributed by atoms with E-state index in [1.165, 1.54) is 29.1 Å². The Kier molecular flexibility index (Phi) is 15.4. The van der Waals surface area contributed by atoms with Gasteiger partial charge in [-0.2, -0.15) is 0 Å². The minimum absolute atomic E-state index is 0.0321. The fourth-order valence-electron chi connectivity index (χ4n) is 3.43. The smallest absolute Gasteiger partial charge is 0.317 e. The van der Waals surface area contributed by atoms with Crippen molar-refractivity contribution in [2.45, 2.75) is 70.8 Å². The lowest BCUT2D eigenvalue weighted by Crippen LogP contribution is -2.50. The Morgan fingerprint density at radius 1 is 0.633 bits per heavy atom. The molecule has 0 aliphatic rings. The summed E-state index contributed by atoms with van der Waals surface area (Å²) in [5.41, 5.74) is 0. The molecule has 0 amide bonds. The van der Waals surface area contributed by atoms with Gasteiger partial charge in [0, 0.05) is 12.6 Å². The van der Waals surface area contributed by atoms with Crippen molar-refractivity contribution in [2.75, 3.05) is 32.7 Å². The van der Waals surface area contributed by atoms with Gasteiger partial charge in [-0.25, -0.2) is 0 Å². The van der Waals surface area contributed by atoms with Crippen LogP contribution in [0.2, 0.25) is 0 Å². The van der Waals surface area contributed by atoms with E-state index in [2.05, 4.69) is 6.92 Å². The third-order valence-electron chi connectivity index (χ3n) is 4.77. The molecule has 0 saturated heterocycles. The normalized spacial score (nSPS) is 12.2. The summed E-state index contributed by atoms with van der Waals surface area (Å²) in [5, 5.41) is 36.4. The summed E-state index contributed by atoms with van der Waals surface area (Å²) in [6, 6.07) is -0.573. The molecule has 4 N–H and O–H groups in total. The van der Waals surface area contributed by atoms with E-state index < -0.39 is 56.1 Å². The number of carbonyl (C=O) groups is 4. The Morgan fingerprint density at radius 3 is 1.43 bits per heavy atom. The highest BCUT2D eigenvalue weighted by molar-refractivity contribution is 5.73. The lowest BCUT2D eigenvalue weighted by molar-refractivity contribution is -0.146. The molecule has 10 nitrogen and oxygen atoms in total. The maximum Gasteiger partial charge on any atom is 0.317 e. The van der Waals surface area contributed by atoms with Crippen molar-refractivity contribution in [1.29, 1.82) is 0 Å². The molecule has 0 heterocycles. The van der Waals surface area contributed by atoms with E-state index in [9.17, 15) is 19.2 Å². The minimum Gasteiger partial charge on any atom is -0.480 e. The average Bonchev–Trinajstić information content (AvgIpc) is 2.60. The third-order valence-corrected chi connectivity index (χ3v) is 4.77. The molecule has 0 aromatic rings. The predicted molar refractivity (Wildman–Crippen MR) is 110 cm³/mol. The monoisotopic (exact) mass is 432 g/mol. The molecule has 10 heteroatoms. The molecule has 30 heavy (non-hydrogen) atoms. The maximum atomic E-state index is 11.2. The molecule has 0 aromatic carbocycles. The van der Waals surface area contributed by atoms with Gasteiger partial charge in [0.2, 0.25) is 0 Å². The molecule has 1 atom stereocenters. The molecular weight excluding hydrogens is 396 g/mol. The fourth-order valence-corrected chi connectivity index (χ4v) is 3.43. The Labute approximate surface area is 177 Å². The van der Waals surface area contributed by atoms with E-state index in [1.807, 2.05) is 0 Å². The molecular formula is C20H36N2O8. The molecule has 1 unspecified atom stereocenters. The zero-order chi connectivity index (χ0) is 22.9. The van der Waals surface area contributed by atoms with E-state index in [1.54, 1.807) is 0 Å². The first-order valence-corrected chi connectivity index (χ1v) is 10.5. The van der Waals surface area contributed by atoms with E-state index in [0.717, 1.165) is 32.1 Å². The number of hydrogen-bond acceptors (Lipinski definition) is 6. The summed E-state index contributed by atoms with van der Waals surface area (Å²) in [6.45, 7) is 0.0557. The van der Waals surface area contributed by atoms with Gasteiger partial charge in [-0.3, -0.25) is 29.0 Å². The first kappa shape index (κ1) is 27.8. The SMILES string of the molecule is CCCCCCCCCCC(CN(CC(=O)O)CC(=O)O)N(CC(=O)O)CC(=O)O. The zero-order valence-electron chi connectivity index (χ0n) is 17.8. The number of rotatable bonds is 20. The first-order valence-electron chi connectivity index (χ1n) is 10.5. The Bertz CT molecular complexity index is 509. The zero-order valence-corrected chi connectivity index (χ0v) is 17.8. The number of nitrogens with zero attached hydrogens (tertiary/aromatic N) is 2. The van der Waals surface area contributed by atoms with Gasteiger partial charge in [-0.15, -0.1) is 0 Å². The molecule has 0 aromatic heterocycles. The van der Waals surface area contributed by atoms with Gasteiger partial charge in [0.1, 0.15) is 0 Å². The van der Waals surface area contributed by atoms with Crippen LogP contribution in [-0.2, 0) is 19.2 Å². The van der Waals surface area contributed by atoms with E-state index in [-0.39, 0.29) is 6.54 Å². The molecule has 0 fully saturated rings.